The van der Waals surface area contributed by atoms with Gasteiger partial charge in [0.05, 0.1) is 52.9 Å². The van der Waals surface area contributed by atoms with Gasteiger partial charge in [0.25, 0.3) is 0 Å². The summed E-state index contributed by atoms with van der Waals surface area (Å²) < 4.78 is 6.44. The summed E-state index contributed by atoms with van der Waals surface area (Å²) in [4.78, 5) is 34.3. The molecule has 1 amide bonds. The number of fused-ring (bicyclic) bond motifs is 1. The number of hydrogen-bond donors (Lipinski definition) is 4. The number of hydrogen-bond acceptors (Lipinski definition) is 11. The molecule has 4 aromatic rings. The highest BCUT2D eigenvalue weighted by molar-refractivity contribution is 7.21. The monoisotopic (exact) mass is 601 g/mol. The fourth-order valence-corrected chi connectivity index (χ4v) is 7.11. The number of aliphatic hydroxyl groups is 2. The van der Waals surface area contributed by atoms with E-state index < -0.39 is 24.2 Å². The van der Waals surface area contributed by atoms with Crippen LogP contribution < -0.4 is 10.6 Å². The first-order valence-electron chi connectivity index (χ1n) is 14.9. The molecule has 2 aliphatic carbocycles. The minimum Gasteiger partial charge on any atom is -0.390 e. The standard InChI is InChI=1S/C31H35N7O4S/c1-17-23(29-36-25-22(43-29)9-10-32-24(25)19-7-8-19)28(37-31(34-17)33-16-18-5-3-2-4-6-18)35-21-15-20(26(39)27(21)40)30(41)38-11-13-42-14-12-38/h2-6,9-10,19-21,26-27,39-40H,7-8,11-16H2,1H3,(H2,33,34,35,37)/t20-,21+,26+,27-/m0/s1. The molecule has 3 aromatic heterocycles. The maximum Gasteiger partial charge on any atom is 0.228 e. The molecule has 0 radical (unpaired) electrons. The second-order valence-electron chi connectivity index (χ2n) is 11.5. The van der Waals surface area contributed by atoms with Crippen LogP contribution in [0, 0.1) is 12.8 Å². The molecule has 224 valence electrons. The number of carbonyl (C=O) groups is 1. The lowest BCUT2D eigenvalue weighted by atomic mass is 10.0. The number of benzene rings is 1. The summed E-state index contributed by atoms with van der Waals surface area (Å²) in [5.41, 5.74) is 4.49. The van der Waals surface area contributed by atoms with E-state index in [2.05, 4.69) is 15.6 Å². The van der Waals surface area contributed by atoms with Crippen molar-refractivity contribution in [3.8, 4) is 10.6 Å². The van der Waals surface area contributed by atoms with Crippen molar-refractivity contribution in [2.24, 2.45) is 5.92 Å². The molecule has 4 N–H and O–H groups in total. The number of aliphatic hydroxyl groups excluding tert-OH is 2. The lowest BCUT2D eigenvalue weighted by molar-refractivity contribution is -0.143. The summed E-state index contributed by atoms with van der Waals surface area (Å²) in [6.07, 6.45) is 2.02. The van der Waals surface area contributed by atoms with E-state index in [0.717, 1.165) is 50.6 Å². The Morgan fingerprint density at radius 2 is 1.86 bits per heavy atom. The lowest BCUT2D eigenvalue weighted by Crippen LogP contribution is -2.46. The molecular formula is C31H35N7O4S. The second kappa shape index (κ2) is 11.8. The molecule has 11 nitrogen and oxygen atoms in total. The van der Waals surface area contributed by atoms with Crippen LogP contribution in [-0.4, -0.2) is 85.5 Å². The number of aryl methyl sites for hydroxylation is 1. The van der Waals surface area contributed by atoms with Crippen LogP contribution in [-0.2, 0) is 16.1 Å². The molecule has 7 rings (SSSR count). The van der Waals surface area contributed by atoms with Crippen molar-refractivity contribution in [2.45, 2.75) is 56.9 Å². The summed E-state index contributed by atoms with van der Waals surface area (Å²) >= 11 is 1.56. The quantitative estimate of drug-likeness (QED) is 0.237. The first kappa shape index (κ1) is 28.1. The summed E-state index contributed by atoms with van der Waals surface area (Å²) in [6.45, 7) is 4.38. The SMILES string of the molecule is Cc1nc(NCc2ccccc2)nc(N[C@@H]2C[C@H](C(=O)N3CCOCC3)[C@@H](O)[C@H]2O)c1-c1nc2c(C3CC3)nccc2s1. The number of nitrogens with one attached hydrogen (secondary N) is 2. The van der Waals surface area contributed by atoms with Crippen molar-refractivity contribution < 1.29 is 19.7 Å². The molecule has 0 bridgehead atoms. The zero-order valence-electron chi connectivity index (χ0n) is 23.9. The van der Waals surface area contributed by atoms with E-state index in [1.54, 1.807) is 16.2 Å². The lowest BCUT2D eigenvalue weighted by Gasteiger charge is -2.30. The van der Waals surface area contributed by atoms with Crippen LogP contribution in [0.3, 0.4) is 0 Å². The van der Waals surface area contributed by atoms with Gasteiger partial charge in [0.15, 0.2) is 0 Å². The normalized spacial score (nSPS) is 23.9. The molecule has 3 fully saturated rings. The topological polar surface area (TPSA) is 146 Å². The van der Waals surface area contributed by atoms with Gasteiger partial charge in [-0.2, -0.15) is 4.98 Å². The van der Waals surface area contributed by atoms with Crippen LogP contribution in [0.5, 0.6) is 0 Å². The minimum absolute atomic E-state index is 0.158. The third-order valence-corrected chi connectivity index (χ3v) is 9.58. The van der Waals surface area contributed by atoms with E-state index in [4.69, 9.17) is 19.7 Å². The highest BCUT2D eigenvalue weighted by atomic mass is 32.1. The second-order valence-corrected chi connectivity index (χ2v) is 12.6. The Balaban J connectivity index is 1.22. The predicted octanol–water partition coefficient (Wildman–Crippen LogP) is 3.33. The third kappa shape index (κ3) is 5.67. The number of aromatic nitrogens is 4. The molecular weight excluding hydrogens is 566 g/mol. The van der Waals surface area contributed by atoms with Crippen molar-refractivity contribution in [2.75, 3.05) is 36.9 Å². The van der Waals surface area contributed by atoms with Crippen LogP contribution in [0.2, 0.25) is 0 Å². The average molecular weight is 602 g/mol. The van der Waals surface area contributed by atoms with Crippen molar-refractivity contribution in [1.82, 2.24) is 24.8 Å². The number of carbonyl (C=O) groups excluding carboxylic acids is 1. The van der Waals surface area contributed by atoms with Gasteiger partial charge in [0.1, 0.15) is 22.4 Å². The van der Waals surface area contributed by atoms with E-state index in [-0.39, 0.29) is 12.3 Å². The van der Waals surface area contributed by atoms with Gasteiger partial charge in [-0.1, -0.05) is 30.3 Å². The Morgan fingerprint density at radius 3 is 2.63 bits per heavy atom. The van der Waals surface area contributed by atoms with Gasteiger partial charge in [-0.15, -0.1) is 11.3 Å². The third-order valence-electron chi connectivity index (χ3n) is 8.54. The fourth-order valence-electron chi connectivity index (χ4n) is 6.04. The first-order chi connectivity index (χ1) is 21.0. The molecule has 43 heavy (non-hydrogen) atoms. The molecule has 0 unspecified atom stereocenters. The van der Waals surface area contributed by atoms with Crippen molar-refractivity contribution in [3.05, 3.63) is 59.5 Å². The molecule has 12 heteroatoms. The van der Waals surface area contributed by atoms with E-state index >= 15 is 0 Å². The van der Waals surface area contributed by atoms with Gasteiger partial charge in [-0.3, -0.25) is 9.78 Å². The van der Waals surface area contributed by atoms with Gasteiger partial charge in [-0.05, 0) is 37.8 Å². The van der Waals surface area contributed by atoms with Crippen LogP contribution in [0.4, 0.5) is 11.8 Å². The maximum absolute atomic E-state index is 13.3. The maximum atomic E-state index is 13.3. The van der Waals surface area contributed by atoms with E-state index in [0.29, 0.717) is 50.5 Å². The molecule has 0 spiro atoms. The summed E-state index contributed by atoms with van der Waals surface area (Å²) in [7, 11) is 0. The van der Waals surface area contributed by atoms with Crippen molar-refractivity contribution in [3.63, 3.8) is 0 Å². The Bertz CT molecular complexity index is 1620. The zero-order valence-corrected chi connectivity index (χ0v) is 24.8. The highest BCUT2D eigenvalue weighted by Crippen LogP contribution is 2.44. The first-order valence-corrected chi connectivity index (χ1v) is 15.7. The summed E-state index contributed by atoms with van der Waals surface area (Å²) in [5, 5.41) is 29.6. The van der Waals surface area contributed by atoms with Crippen LogP contribution in [0.1, 0.15) is 42.1 Å². The largest absolute Gasteiger partial charge is 0.390 e. The van der Waals surface area contributed by atoms with Gasteiger partial charge in [0, 0.05) is 31.7 Å². The van der Waals surface area contributed by atoms with E-state index in [1.165, 1.54) is 0 Å². The Kier molecular flexibility index (Phi) is 7.68. The predicted molar refractivity (Wildman–Crippen MR) is 164 cm³/mol. The number of morpholine rings is 1. The summed E-state index contributed by atoms with van der Waals surface area (Å²) in [6, 6.07) is 11.4. The number of rotatable bonds is 8. The number of ether oxygens (including phenoxy) is 1. The average Bonchev–Trinajstić information content (AvgIpc) is 3.73. The molecule has 3 aliphatic rings. The molecule has 1 aliphatic heterocycles. The van der Waals surface area contributed by atoms with E-state index in [9.17, 15) is 15.0 Å². The molecule has 1 aromatic carbocycles. The molecule has 1 saturated heterocycles. The Hall–Kier alpha value is -3.71. The van der Waals surface area contributed by atoms with Crippen molar-refractivity contribution in [1.29, 1.82) is 0 Å². The minimum atomic E-state index is -1.19. The number of amides is 1. The van der Waals surface area contributed by atoms with Crippen LogP contribution in [0.15, 0.2) is 42.6 Å². The molecule has 4 heterocycles. The van der Waals surface area contributed by atoms with E-state index in [1.807, 2.05) is 49.5 Å². The van der Waals surface area contributed by atoms with Crippen molar-refractivity contribution >= 4 is 39.2 Å². The summed E-state index contributed by atoms with van der Waals surface area (Å²) in [5.74, 6) is 0.507. The number of pyridine rings is 1. The number of thiazole rings is 1. The van der Waals surface area contributed by atoms with Crippen LogP contribution >= 0.6 is 11.3 Å². The highest BCUT2D eigenvalue weighted by Gasteiger charge is 2.47. The zero-order chi connectivity index (χ0) is 29.5. The number of anilines is 2. The Morgan fingerprint density at radius 1 is 1.07 bits per heavy atom. The van der Waals surface area contributed by atoms with Crippen LogP contribution in [0.25, 0.3) is 20.8 Å². The smallest absolute Gasteiger partial charge is 0.228 e. The molecule has 4 atom stereocenters. The van der Waals surface area contributed by atoms with Gasteiger partial charge >= 0.3 is 0 Å². The molecule has 2 saturated carbocycles. The fraction of sp³-hybridized carbons (Fsp3) is 0.452. The number of nitrogens with zero attached hydrogens (tertiary/aromatic N) is 5. The van der Waals surface area contributed by atoms with Gasteiger partial charge < -0.3 is 30.5 Å². The Labute approximate surface area is 253 Å². The van der Waals surface area contributed by atoms with Gasteiger partial charge in [0.2, 0.25) is 11.9 Å². The van der Waals surface area contributed by atoms with Gasteiger partial charge in [-0.25, -0.2) is 9.97 Å².